The van der Waals surface area contributed by atoms with Crippen molar-refractivity contribution < 1.29 is 13.2 Å². The number of aryl methyl sites for hydroxylation is 2. The first-order valence-electron chi connectivity index (χ1n) is 7.12. The molecule has 0 amide bonds. The molecule has 6 heteroatoms. The van der Waals surface area contributed by atoms with E-state index in [9.17, 15) is 8.42 Å². The summed E-state index contributed by atoms with van der Waals surface area (Å²) >= 11 is 0. The first kappa shape index (κ1) is 17.0. The predicted molar refractivity (Wildman–Crippen MR) is 91.4 cm³/mol. The summed E-state index contributed by atoms with van der Waals surface area (Å²) < 4.78 is 30.2. The maximum atomic E-state index is 12.4. The molecule has 0 aliphatic rings. The molecule has 0 unspecified atom stereocenters. The molecule has 0 aromatic heterocycles. The monoisotopic (exact) mass is 332 g/mol. The second-order valence-electron chi connectivity index (χ2n) is 5.26. The van der Waals surface area contributed by atoms with Crippen LogP contribution in [0.2, 0.25) is 0 Å². The average molecular weight is 332 g/mol. The molecular formula is C17H20N2O3S. The molecule has 0 bridgehead atoms. The Hall–Kier alpha value is -2.34. The first-order chi connectivity index (χ1) is 10.8. The van der Waals surface area contributed by atoms with E-state index in [0.717, 1.165) is 11.1 Å². The molecule has 0 saturated heterocycles. The Morgan fingerprint density at radius 2 is 1.83 bits per heavy atom. The number of benzene rings is 2. The number of nitrogens with one attached hydrogen (secondary N) is 1. The molecule has 2 rings (SSSR count). The minimum Gasteiger partial charge on any atom is -0.496 e. The van der Waals surface area contributed by atoms with Crippen molar-refractivity contribution in [1.29, 1.82) is 0 Å². The molecule has 2 aromatic rings. The Morgan fingerprint density at radius 1 is 1.13 bits per heavy atom. The lowest BCUT2D eigenvalue weighted by molar-refractivity contribution is 0.414. The van der Waals surface area contributed by atoms with Crippen LogP contribution >= 0.6 is 0 Å². The van der Waals surface area contributed by atoms with Gasteiger partial charge in [0.1, 0.15) is 5.75 Å². The zero-order valence-electron chi connectivity index (χ0n) is 13.6. The maximum absolute atomic E-state index is 12.4. The third kappa shape index (κ3) is 3.90. The zero-order valence-corrected chi connectivity index (χ0v) is 14.4. The summed E-state index contributed by atoms with van der Waals surface area (Å²) in [6.07, 6.45) is 0. The van der Waals surface area contributed by atoms with E-state index in [1.165, 1.54) is 0 Å². The normalized spacial score (nSPS) is 12.1. The smallest absolute Gasteiger partial charge is 0.276 e. The van der Waals surface area contributed by atoms with E-state index in [1.54, 1.807) is 39.2 Å². The summed E-state index contributed by atoms with van der Waals surface area (Å²) in [5, 5.41) is 4.02. The molecule has 122 valence electrons. The van der Waals surface area contributed by atoms with Gasteiger partial charge in [-0.3, -0.25) is 0 Å². The van der Waals surface area contributed by atoms with Crippen LogP contribution in [0.4, 0.5) is 0 Å². The summed E-state index contributed by atoms with van der Waals surface area (Å²) in [4.78, 5) is 2.53. The summed E-state index contributed by atoms with van der Waals surface area (Å²) in [6.45, 7) is 5.33. The zero-order chi connectivity index (χ0) is 17.0. The fourth-order valence-corrected chi connectivity index (χ4v) is 3.37. The average Bonchev–Trinajstić information content (AvgIpc) is 2.54. The van der Waals surface area contributed by atoms with Gasteiger partial charge in [0.05, 0.1) is 17.7 Å². The highest BCUT2D eigenvalue weighted by molar-refractivity contribution is 7.89. The molecule has 5 nitrogen and oxygen atoms in total. The van der Waals surface area contributed by atoms with Crippen LogP contribution in [0.1, 0.15) is 23.6 Å². The number of sulfonamides is 1. The van der Waals surface area contributed by atoms with Crippen molar-refractivity contribution >= 4 is 15.7 Å². The van der Waals surface area contributed by atoms with Gasteiger partial charge in [0.25, 0.3) is 10.0 Å². The number of nitrogens with zero attached hydrogens (tertiary/aromatic N) is 1. The van der Waals surface area contributed by atoms with Gasteiger partial charge in [-0.2, -0.15) is 18.4 Å². The third-order valence-corrected chi connectivity index (χ3v) is 4.81. The van der Waals surface area contributed by atoms with Crippen LogP contribution in [0.15, 0.2) is 52.5 Å². The minimum absolute atomic E-state index is 0.231. The minimum atomic E-state index is -3.71. The molecule has 0 spiro atoms. The second kappa shape index (κ2) is 6.83. The van der Waals surface area contributed by atoms with Crippen molar-refractivity contribution in [3.8, 4) is 5.75 Å². The highest BCUT2D eigenvalue weighted by atomic mass is 32.2. The molecule has 0 heterocycles. The molecule has 0 aliphatic carbocycles. The van der Waals surface area contributed by atoms with Gasteiger partial charge >= 0.3 is 0 Å². The number of ether oxygens (including phenoxy) is 1. The lowest BCUT2D eigenvalue weighted by Crippen LogP contribution is -2.21. The Labute approximate surface area is 137 Å². The second-order valence-corrected chi connectivity index (χ2v) is 6.89. The number of methoxy groups -OCH3 is 1. The summed E-state index contributed by atoms with van der Waals surface area (Å²) in [7, 11) is -2.15. The van der Waals surface area contributed by atoms with Gasteiger partial charge in [0.2, 0.25) is 0 Å². The van der Waals surface area contributed by atoms with E-state index < -0.39 is 10.0 Å². The van der Waals surface area contributed by atoms with Gasteiger partial charge in [-0.15, -0.1) is 0 Å². The van der Waals surface area contributed by atoms with Crippen LogP contribution in [-0.2, 0) is 10.0 Å². The number of hydrogen-bond donors (Lipinski definition) is 1. The van der Waals surface area contributed by atoms with Crippen molar-refractivity contribution in [2.45, 2.75) is 25.7 Å². The van der Waals surface area contributed by atoms with Crippen molar-refractivity contribution in [2.75, 3.05) is 7.11 Å². The SMILES string of the molecule is COc1ccccc1/C(C)=N\NS(=O)(=O)c1cc(C)ccc1C. The molecule has 2 aromatic carbocycles. The van der Waals surface area contributed by atoms with Gasteiger partial charge in [-0.05, 0) is 50.1 Å². The Kier molecular flexibility index (Phi) is 5.05. The van der Waals surface area contributed by atoms with Gasteiger partial charge < -0.3 is 4.74 Å². The number of para-hydroxylation sites is 1. The first-order valence-corrected chi connectivity index (χ1v) is 8.60. The van der Waals surface area contributed by atoms with Crippen LogP contribution < -0.4 is 9.57 Å². The van der Waals surface area contributed by atoms with Crippen LogP contribution in [0, 0.1) is 13.8 Å². The Bertz CT molecular complexity index is 843. The Morgan fingerprint density at radius 3 is 2.52 bits per heavy atom. The van der Waals surface area contributed by atoms with Crippen LogP contribution in [0.3, 0.4) is 0 Å². The molecular weight excluding hydrogens is 312 g/mol. The highest BCUT2D eigenvalue weighted by Crippen LogP contribution is 2.19. The van der Waals surface area contributed by atoms with Gasteiger partial charge in [-0.1, -0.05) is 24.3 Å². The van der Waals surface area contributed by atoms with Crippen LogP contribution in [-0.4, -0.2) is 21.2 Å². The van der Waals surface area contributed by atoms with E-state index in [0.29, 0.717) is 17.0 Å². The topological polar surface area (TPSA) is 67.8 Å². The highest BCUT2D eigenvalue weighted by Gasteiger charge is 2.16. The molecule has 0 fully saturated rings. The standard InChI is InChI=1S/C17H20N2O3S/c1-12-9-10-13(2)17(11-12)23(20,21)19-18-14(3)15-7-5-6-8-16(15)22-4/h5-11,19H,1-4H3/b18-14-. The van der Waals surface area contributed by atoms with E-state index in [-0.39, 0.29) is 4.90 Å². The van der Waals surface area contributed by atoms with E-state index in [4.69, 9.17) is 4.74 Å². The molecule has 0 radical (unpaired) electrons. The van der Waals surface area contributed by atoms with Crippen molar-refractivity contribution in [1.82, 2.24) is 4.83 Å². The Balaban J connectivity index is 2.32. The fraction of sp³-hybridized carbons (Fsp3) is 0.235. The van der Waals surface area contributed by atoms with Crippen molar-refractivity contribution in [3.63, 3.8) is 0 Å². The summed E-state index contributed by atoms with van der Waals surface area (Å²) in [5.74, 6) is 0.639. The van der Waals surface area contributed by atoms with Crippen LogP contribution in [0.5, 0.6) is 5.75 Å². The van der Waals surface area contributed by atoms with Crippen molar-refractivity contribution in [2.24, 2.45) is 5.10 Å². The fourth-order valence-electron chi connectivity index (χ4n) is 2.18. The maximum Gasteiger partial charge on any atom is 0.276 e. The summed E-state index contributed by atoms with van der Waals surface area (Å²) in [6, 6.07) is 12.6. The lowest BCUT2D eigenvalue weighted by atomic mass is 10.1. The van der Waals surface area contributed by atoms with E-state index >= 15 is 0 Å². The predicted octanol–water partition coefficient (Wildman–Crippen LogP) is 3.01. The summed E-state index contributed by atoms with van der Waals surface area (Å²) in [5.41, 5.74) is 2.81. The number of hydrazone groups is 1. The van der Waals surface area contributed by atoms with Gasteiger partial charge in [0.15, 0.2) is 0 Å². The van der Waals surface area contributed by atoms with Crippen molar-refractivity contribution in [3.05, 3.63) is 59.2 Å². The number of hydrogen-bond acceptors (Lipinski definition) is 4. The van der Waals surface area contributed by atoms with Crippen LogP contribution in [0.25, 0.3) is 0 Å². The van der Waals surface area contributed by atoms with E-state index in [2.05, 4.69) is 9.93 Å². The number of rotatable bonds is 5. The molecule has 0 saturated carbocycles. The van der Waals surface area contributed by atoms with E-state index in [1.807, 2.05) is 31.2 Å². The quantitative estimate of drug-likeness (QED) is 0.676. The largest absolute Gasteiger partial charge is 0.496 e. The molecule has 23 heavy (non-hydrogen) atoms. The molecule has 1 N–H and O–H groups in total. The van der Waals surface area contributed by atoms with Gasteiger partial charge in [-0.25, -0.2) is 0 Å². The molecule has 0 atom stereocenters. The van der Waals surface area contributed by atoms with Gasteiger partial charge in [0, 0.05) is 5.56 Å². The molecule has 0 aliphatic heterocycles. The third-order valence-electron chi connectivity index (χ3n) is 3.46. The lowest BCUT2D eigenvalue weighted by Gasteiger charge is -2.10.